The Labute approximate surface area is 185 Å². The van der Waals surface area contributed by atoms with Gasteiger partial charge in [0.25, 0.3) is 11.1 Å². The number of aryl methyl sites for hydroxylation is 1. The van der Waals surface area contributed by atoms with Gasteiger partial charge in [-0.25, -0.2) is 0 Å². The first-order chi connectivity index (χ1) is 14.3. The Morgan fingerprint density at radius 3 is 2.60 bits per heavy atom. The quantitative estimate of drug-likeness (QED) is 0.438. The fourth-order valence-electron chi connectivity index (χ4n) is 2.79. The molecule has 2 aromatic carbocycles. The Kier molecular flexibility index (Phi) is 7.39. The molecule has 1 atom stereocenters. The molecule has 0 saturated heterocycles. The van der Waals surface area contributed by atoms with Gasteiger partial charge in [-0.1, -0.05) is 55.4 Å². The summed E-state index contributed by atoms with van der Waals surface area (Å²) in [7, 11) is 0. The van der Waals surface area contributed by atoms with Crippen molar-refractivity contribution in [2.24, 2.45) is 0 Å². The molecule has 0 saturated carbocycles. The summed E-state index contributed by atoms with van der Waals surface area (Å²) in [6, 6.07) is 13.0. The van der Waals surface area contributed by atoms with Crippen LogP contribution in [0, 0.1) is 6.92 Å². The van der Waals surface area contributed by atoms with Gasteiger partial charge in [0.15, 0.2) is 6.61 Å². The molecule has 0 radical (unpaired) electrons. The first-order valence-electron chi connectivity index (χ1n) is 9.61. The lowest BCUT2D eigenvalue weighted by atomic mass is 9.98. The second kappa shape index (κ2) is 10.00. The monoisotopic (exact) mass is 445 g/mol. The van der Waals surface area contributed by atoms with E-state index in [0.717, 1.165) is 16.8 Å². The van der Waals surface area contributed by atoms with Crippen LogP contribution in [0.5, 0.6) is 5.75 Å². The molecule has 3 aromatic rings. The van der Waals surface area contributed by atoms with E-state index in [-0.39, 0.29) is 12.5 Å². The number of rotatable bonds is 8. The molecule has 1 aromatic heterocycles. The third-order valence-electron chi connectivity index (χ3n) is 4.45. The molecular weight excluding hydrogens is 422 g/mol. The summed E-state index contributed by atoms with van der Waals surface area (Å²) in [5.74, 6) is 1.18. The number of nitrogens with zero attached hydrogens (tertiary/aromatic N) is 2. The van der Waals surface area contributed by atoms with E-state index in [1.54, 1.807) is 31.2 Å². The first-order valence-corrected chi connectivity index (χ1v) is 10.9. The maximum absolute atomic E-state index is 12.7. The van der Waals surface area contributed by atoms with Gasteiger partial charge in [-0.05, 0) is 55.2 Å². The molecule has 1 unspecified atom stereocenters. The Balaban J connectivity index is 1.58. The number of para-hydroxylation sites is 1. The maximum Gasteiger partial charge on any atom is 0.277 e. The number of halogens is 1. The number of nitrogens with one attached hydrogen (secondary N) is 1. The van der Waals surface area contributed by atoms with E-state index >= 15 is 0 Å². The van der Waals surface area contributed by atoms with Crippen molar-refractivity contribution in [2.75, 3.05) is 5.32 Å². The molecule has 1 heterocycles. The SMILES string of the molecule is Cc1cccc(C(C)C)c1NC(=O)C(C)Sc1nnc(COc2ccc(Cl)cc2)o1. The van der Waals surface area contributed by atoms with Crippen LogP contribution in [0.4, 0.5) is 5.69 Å². The zero-order valence-corrected chi connectivity index (χ0v) is 18.9. The lowest BCUT2D eigenvalue weighted by Gasteiger charge is -2.18. The van der Waals surface area contributed by atoms with Gasteiger partial charge in [0.1, 0.15) is 5.75 Å². The highest BCUT2D eigenvalue weighted by Crippen LogP contribution is 2.29. The number of carbonyl (C=O) groups excluding carboxylic acids is 1. The minimum Gasteiger partial charge on any atom is -0.484 e. The smallest absolute Gasteiger partial charge is 0.277 e. The van der Waals surface area contributed by atoms with Gasteiger partial charge in [0.2, 0.25) is 5.91 Å². The lowest BCUT2D eigenvalue weighted by Crippen LogP contribution is -2.23. The van der Waals surface area contributed by atoms with Gasteiger partial charge in [-0.15, -0.1) is 10.2 Å². The van der Waals surface area contributed by atoms with Crippen molar-refractivity contribution >= 4 is 35.0 Å². The van der Waals surface area contributed by atoms with Crippen molar-refractivity contribution < 1.29 is 13.9 Å². The van der Waals surface area contributed by atoms with E-state index in [0.29, 0.717) is 27.8 Å². The van der Waals surface area contributed by atoms with E-state index in [9.17, 15) is 4.79 Å². The average molecular weight is 446 g/mol. The minimum atomic E-state index is -0.407. The molecular formula is C22H24ClN3O3S. The molecule has 0 spiro atoms. The van der Waals surface area contributed by atoms with Crippen molar-refractivity contribution in [3.8, 4) is 5.75 Å². The number of hydrogen-bond donors (Lipinski definition) is 1. The highest BCUT2D eigenvalue weighted by molar-refractivity contribution is 8.00. The van der Waals surface area contributed by atoms with Crippen molar-refractivity contribution in [3.63, 3.8) is 0 Å². The van der Waals surface area contributed by atoms with E-state index in [1.165, 1.54) is 11.8 Å². The van der Waals surface area contributed by atoms with Gasteiger partial charge in [0, 0.05) is 10.7 Å². The van der Waals surface area contributed by atoms with Crippen LogP contribution < -0.4 is 10.1 Å². The third-order valence-corrected chi connectivity index (χ3v) is 5.63. The highest BCUT2D eigenvalue weighted by Gasteiger charge is 2.20. The molecule has 1 N–H and O–H groups in total. The van der Waals surface area contributed by atoms with Gasteiger partial charge in [-0.2, -0.15) is 0 Å². The van der Waals surface area contributed by atoms with Crippen LogP contribution in [0.15, 0.2) is 52.1 Å². The lowest BCUT2D eigenvalue weighted by molar-refractivity contribution is -0.115. The number of aromatic nitrogens is 2. The molecule has 30 heavy (non-hydrogen) atoms. The number of thioether (sulfide) groups is 1. The fourth-order valence-corrected chi connectivity index (χ4v) is 3.62. The number of amides is 1. The molecule has 6 nitrogen and oxygen atoms in total. The van der Waals surface area contributed by atoms with Crippen molar-refractivity contribution in [2.45, 2.75) is 50.7 Å². The summed E-state index contributed by atoms with van der Waals surface area (Å²) in [6.45, 7) is 8.14. The Morgan fingerprint density at radius 2 is 1.90 bits per heavy atom. The molecule has 8 heteroatoms. The summed E-state index contributed by atoms with van der Waals surface area (Å²) in [5, 5.41) is 11.6. The molecule has 0 aliphatic carbocycles. The predicted molar refractivity (Wildman–Crippen MR) is 119 cm³/mol. The summed E-state index contributed by atoms with van der Waals surface area (Å²) in [5.41, 5.74) is 3.01. The molecule has 0 aliphatic heterocycles. The Bertz CT molecular complexity index is 1010. The molecule has 158 valence electrons. The minimum absolute atomic E-state index is 0.117. The number of ether oxygens (including phenoxy) is 1. The van der Waals surface area contributed by atoms with Gasteiger partial charge in [0.05, 0.1) is 5.25 Å². The van der Waals surface area contributed by atoms with Crippen molar-refractivity contribution in [1.82, 2.24) is 10.2 Å². The molecule has 0 bridgehead atoms. The highest BCUT2D eigenvalue weighted by atomic mass is 35.5. The van der Waals surface area contributed by atoms with Crippen molar-refractivity contribution in [1.29, 1.82) is 0 Å². The van der Waals surface area contributed by atoms with Crippen molar-refractivity contribution in [3.05, 3.63) is 64.5 Å². The molecule has 0 fully saturated rings. The Hall–Kier alpha value is -2.51. The van der Waals surface area contributed by atoms with Crippen LogP contribution in [0.2, 0.25) is 5.02 Å². The third kappa shape index (κ3) is 5.77. The number of benzene rings is 2. The van der Waals surface area contributed by atoms with Crippen LogP contribution in [0.3, 0.4) is 0 Å². The predicted octanol–water partition coefficient (Wildman–Crippen LogP) is 5.85. The van der Waals surface area contributed by atoms with Crippen LogP contribution in [-0.4, -0.2) is 21.4 Å². The van der Waals surface area contributed by atoms with E-state index in [2.05, 4.69) is 29.4 Å². The average Bonchev–Trinajstić information content (AvgIpc) is 3.16. The number of hydrogen-bond acceptors (Lipinski definition) is 6. The van der Waals surface area contributed by atoms with Gasteiger partial charge >= 0.3 is 0 Å². The standard InChI is InChI=1S/C22H24ClN3O3S/c1-13(2)18-7-5-6-14(3)20(18)24-21(27)15(4)30-22-26-25-19(29-22)12-28-17-10-8-16(23)9-11-17/h5-11,13,15H,12H2,1-4H3,(H,24,27). The maximum atomic E-state index is 12.7. The van der Waals surface area contributed by atoms with E-state index < -0.39 is 5.25 Å². The second-order valence-electron chi connectivity index (χ2n) is 7.15. The zero-order valence-electron chi connectivity index (χ0n) is 17.3. The van der Waals surface area contributed by atoms with E-state index in [4.69, 9.17) is 20.8 Å². The van der Waals surface area contributed by atoms with E-state index in [1.807, 2.05) is 25.1 Å². The summed E-state index contributed by atoms with van der Waals surface area (Å²) in [6.07, 6.45) is 0. The van der Waals surface area contributed by atoms with Crippen LogP contribution in [-0.2, 0) is 11.4 Å². The largest absolute Gasteiger partial charge is 0.484 e. The topological polar surface area (TPSA) is 77.2 Å². The first kappa shape index (κ1) is 22.2. The van der Waals surface area contributed by atoms with Gasteiger partial charge in [-0.3, -0.25) is 4.79 Å². The fraction of sp³-hybridized carbons (Fsp3) is 0.318. The Morgan fingerprint density at radius 1 is 1.17 bits per heavy atom. The summed E-state index contributed by atoms with van der Waals surface area (Å²) in [4.78, 5) is 12.7. The second-order valence-corrected chi connectivity index (χ2v) is 8.88. The summed E-state index contributed by atoms with van der Waals surface area (Å²) < 4.78 is 11.2. The molecule has 0 aliphatic rings. The zero-order chi connectivity index (χ0) is 21.7. The van der Waals surface area contributed by atoms with Crippen LogP contribution >= 0.6 is 23.4 Å². The number of anilines is 1. The number of carbonyl (C=O) groups is 1. The molecule has 3 rings (SSSR count). The van der Waals surface area contributed by atoms with Crippen LogP contribution in [0.25, 0.3) is 0 Å². The van der Waals surface area contributed by atoms with Crippen LogP contribution in [0.1, 0.15) is 43.7 Å². The van der Waals surface area contributed by atoms with Gasteiger partial charge < -0.3 is 14.5 Å². The molecule has 1 amide bonds. The normalized spacial score (nSPS) is 12.1. The summed E-state index contributed by atoms with van der Waals surface area (Å²) >= 11 is 7.07.